The molecule has 0 spiro atoms. The molecule has 0 aromatic heterocycles. The van der Waals surface area contributed by atoms with E-state index in [2.05, 4.69) is 19.3 Å². The van der Waals surface area contributed by atoms with Crippen molar-refractivity contribution in [2.75, 3.05) is 0 Å². The first-order chi connectivity index (χ1) is 7.31. The summed E-state index contributed by atoms with van der Waals surface area (Å²) >= 11 is 0. The van der Waals surface area contributed by atoms with E-state index in [1.54, 1.807) is 0 Å². The molecule has 0 saturated heterocycles. The summed E-state index contributed by atoms with van der Waals surface area (Å²) in [5.41, 5.74) is 3.09. The van der Waals surface area contributed by atoms with E-state index in [1.807, 2.05) is 0 Å². The van der Waals surface area contributed by atoms with Gasteiger partial charge in [0.2, 0.25) is 0 Å². The van der Waals surface area contributed by atoms with Crippen LogP contribution < -0.4 is 11.3 Å². The first-order valence-corrected chi connectivity index (χ1v) is 6.77. The average molecular weight is 210 g/mol. The van der Waals surface area contributed by atoms with Crippen LogP contribution in [0.5, 0.6) is 0 Å². The van der Waals surface area contributed by atoms with Gasteiger partial charge in [0.15, 0.2) is 0 Å². The molecular weight excluding hydrogens is 184 g/mol. The molecule has 0 aliphatic heterocycles. The molecule has 2 nitrogen and oxygen atoms in total. The molecule has 2 heteroatoms. The van der Waals surface area contributed by atoms with Crippen LogP contribution in [0.2, 0.25) is 0 Å². The third-order valence-corrected chi connectivity index (χ3v) is 4.89. The monoisotopic (exact) mass is 210 g/mol. The van der Waals surface area contributed by atoms with E-state index >= 15 is 0 Å². The molecule has 0 bridgehead atoms. The van der Waals surface area contributed by atoms with Crippen LogP contribution in [-0.2, 0) is 0 Å². The van der Waals surface area contributed by atoms with Crippen molar-refractivity contribution in [1.29, 1.82) is 0 Å². The minimum Gasteiger partial charge on any atom is -0.271 e. The van der Waals surface area contributed by atoms with Crippen molar-refractivity contribution < 1.29 is 0 Å². The van der Waals surface area contributed by atoms with Crippen LogP contribution in [0, 0.1) is 23.7 Å². The average Bonchev–Trinajstić information content (AvgIpc) is 2.75. The van der Waals surface area contributed by atoms with Crippen molar-refractivity contribution in [3.8, 4) is 0 Å². The van der Waals surface area contributed by atoms with Gasteiger partial charge in [-0.2, -0.15) is 0 Å². The van der Waals surface area contributed by atoms with Crippen molar-refractivity contribution in [2.45, 2.75) is 58.4 Å². The first kappa shape index (κ1) is 11.4. The molecule has 0 radical (unpaired) electrons. The summed E-state index contributed by atoms with van der Waals surface area (Å²) in [4.78, 5) is 0. The summed E-state index contributed by atoms with van der Waals surface area (Å²) < 4.78 is 0. The number of nitrogens with two attached hydrogens (primary N) is 1. The lowest BCUT2D eigenvalue weighted by Gasteiger charge is -2.22. The standard InChI is InChI=1S/C13H26N2/c1-3-9(4-2)8-12(15-14)13-10-6-5-7-11(10)13/h9-13,15H,3-8,14H2,1-2H3. The van der Waals surface area contributed by atoms with Gasteiger partial charge in [0.25, 0.3) is 0 Å². The summed E-state index contributed by atoms with van der Waals surface area (Å²) in [6.45, 7) is 4.60. The highest BCUT2D eigenvalue weighted by molar-refractivity contribution is 5.06. The quantitative estimate of drug-likeness (QED) is 0.522. The molecule has 2 fully saturated rings. The van der Waals surface area contributed by atoms with E-state index in [0.29, 0.717) is 6.04 Å². The molecule has 3 unspecified atom stereocenters. The van der Waals surface area contributed by atoms with E-state index in [0.717, 1.165) is 23.7 Å². The fourth-order valence-electron chi connectivity index (χ4n) is 3.79. The van der Waals surface area contributed by atoms with Gasteiger partial charge in [-0.05, 0) is 42.9 Å². The smallest absolute Gasteiger partial charge is 0.0246 e. The highest BCUT2D eigenvalue weighted by atomic mass is 15.2. The predicted octanol–water partition coefficient (Wildman–Crippen LogP) is 2.69. The zero-order chi connectivity index (χ0) is 10.8. The number of fused-ring (bicyclic) bond motifs is 1. The third kappa shape index (κ3) is 2.21. The Balaban J connectivity index is 1.83. The van der Waals surface area contributed by atoms with Crippen LogP contribution in [-0.4, -0.2) is 6.04 Å². The number of hydrazine groups is 1. The molecule has 15 heavy (non-hydrogen) atoms. The summed E-state index contributed by atoms with van der Waals surface area (Å²) in [6, 6.07) is 0.602. The molecule has 0 amide bonds. The maximum Gasteiger partial charge on any atom is 0.0246 e. The van der Waals surface area contributed by atoms with Crippen molar-refractivity contribution in [3.05, 3.63) is 0 Å². The van der Waals surface area contributed by atoms with Gasteiger partial charge >= 0.3 is 0 Å². The van der Waals surface area contributed by atoms with Crippen LogP contribution in [0.15, 0.2) is 0 Å². The summed E-state index contributed by atoms with van der Waals surface area (Å²) in [5.74, 6) is 9.57. The largest absolute Gasteiger partial charge is 0.271 e. The highest BCUT2D eigenvalue weighted by Gasteiger charge is 2.55. The fraction of sp³-hybridized carbons (Fsp3) is 1.00. The Bertz CT molecular complexity index is 191. The second-order valence-electron chi connectivity index (χ2n) is 5.53. The van der Waals surface area contributed by atoms with Crippen LogP contribution in [0.25, 0.3) is 0 Å². The Morgan fingerprint density at radius 2 is 1.80 bits per heavy atom. The van der Waals surface area contributed by atoms with Crippen molar-refractivity contribution in [1.82, 2.24) is 5.43 Å². The van der Waals surface area contributed by atoms with Gasteiger partial charge in [-0.15, -0.1) is 0 Å². The summed E-state index contributed by atoms with van der Waals surface area (Å²) in [5, 5.41) is 0. The SMILES string of the molecule is CCC(CC)CC(NN)C1C2CCCC21. The minimum atomic E-state index is 0.602. The maximum absolute atomic E-state index is 5.72. The van der Waals surface area contributed by atoms with Gasteiger partial charge in [-0.1, -0.05) is 33.1 Å². The Morgan fingerprint density at radius 1 is 1.20 bits per heavy atom. The molecule has 0 heterocycles. The van der Waals surface area contributed by atoms with Crippen LogP contribution in [0.4, 0.5) is 0 Å². The van der Waals surface area contributed by atoms with Gasteiger partial charge in [0.1, 0.15) is 0 Å². The first-order valence-electron chi connectivity index (χ1n) is 6.77. The van der Waals surface area contributed by atoms with Crippen LogP contribution in [0.3, 0.4) is 0 Å². The molecule has 2 aliphatic carbocycles. The molecule has 2 rings (SSSR count). The Hall–Kier alpha value is -0.0800. The minimum absolute atomic E-state index is 0.602. The molecule has 3 N–H and O–H groups in total. The van der Waals surface area contributed by atoms with Crippen molar-refractivity contribution >= 4 is 0 Å². The van der Waals surface area contributed by atoms with E-state index in [1.165, 1.54) is 38.5 Å². The fourth-order valence-corrected chi connectivity index (χ4v) is 3.79. The molecule has 0 aromatic rings. The highest BCUT2D eigenvalue weighted by Crippen LogP contribution is 2.59. The molecule has 2 saturated carbocycles. The van der Waals surface area contributed by atoms with Crippen molar-refractivity contribution in [2.24, 2.45) is 29.5 Å². The molecule has 2 aliphatic rings. The maximum atomic E-state index is 5.72. The zero-order valence-corrected chi connectivity index (χ0v) is 10.2. The number of nitrogens with one attached hydrogen (secondary N) is 1. The van der Waals surface area contributed by atoms with Crippen molar-refractivity contribution in [3.63, 3.8) is 0 Å². The van der Waals surface area contributed by atoms with Gasteiger partial charge in [-0.3, -0.25) is 11.3 Å². The topological polar surface area (TPSA) is 38.0 Å². The predicted molar refractivity (Wildman–Crippen MR) is 64.1 cm³/mol. The van der Waals surface area contributed by atoms with Crippen LogP contribution >= 0.6 is 0 Å². The van der Waals surface area contributed by atoms with Gasteiger partial charge in [-0.25, -0.2) is 0 Å². The number of rotatable bonds is 6. The summed E-state index contributed by atoms with van der Waals surface area (Å²) in [6.07, 6.45) is 8.30. The lowest BCUT2D eigenvalue weighted by atomic mass is 9.90. The van der Waals surface area contributed by atoms with Gasteiger partial charge in [0, 0.05) is 6.04 Å². The molecule has 0 aromatic carbocycles. The van der Waals surface area contributed by atoms with Gasteiger partial charge < -0.3 is 0 Å². The molecular formula is C13H26N2. The van der Waals surface area contributed by atoms with Gasteiger partial charge in [0.05, 0.1) is 0 Å². The van der Waals surface area contributed by atoms with E-state index in [-0.39, 0.29) is 0 Å². The molecule has 3 atom stereocenters. The van der Waals surface area contributed by atoms with E-state index in [9.17, 15) is 0 Å². The van der Waals surface area contributed by atoms with E-state index < -0.39 is 0 Å². The Morgan fingerprint density at radius 3 is 2.27 bits per heavy atom. The number of hydrogen-bond acceptors (Lipinski definition) is 2. The zero-order valence-electron chi connectivity index (χ0n) is 10.2. The lowest BCUT2D eigenvalue weighted by molar-refractivity contribution is 0.318. The number of hydrogen-bond donors (Lipinski definition) is 2. The lowest BCUT2D eigenvalue weighted by Crippen LogP contribution is -2.39. The normalized spacial score (nSPS) is 35.6. The second kappa shape index (κ2) is 4.84. The Labute approximate surface area is 94.0 Å². The Kier molecular flexibility index (Phi) is 3.68. The second-order valence-corrected chi connectivity index (χ2v) is 5.53. The van der Waals surface area contributed by atoms with E-state index in [4.69, 9.17) is 5.84 Å². The van der Waals surface area contributed by atoms with Crippen LogP contribution in [0.1, 0.15) is 52.4 Å². The third-order valence-electron chi connectivity index (χ3n) is 4.89. The molecule has 88 valence electrons. The summed E-state index contributed by atoms with van der Waals surface area (Å²) in [7, 11) is 0.